The molecule has 2 amide bonds. The third kappa shape index (κ3) is 5.44. The summed E-state index contributed by atoms with van der Waals surface area (Å²) in [6, 6.07) is 28.2. The van der Waals surface area contributed by atoms with Crippen LogP contribution in [0.25, 0.3) is 0 Å². The number of amides is 2. The van der Waals surface area contributed by atoms with Gasteiger partial charge in [0, 0.05) is 49.0 Å². The highest BCUT2D eigenvalue weighted by molar-refractivity contribution is 6.30. The molecule has 1 saturated heterocycles. The van der Waals surface area contributed by atoms with Crippen LogP contribution in [-0.2, 0) is 11.3 Å². The summed E-state index contributed by atoms with van der Waals surface area (Å²) < 4.78 is 19.1. The number of methoxy groups -OCH3 is 1. The number of carbonyl (C=O) groups excluding carboxylic acids is 2. The summed E-state index contributed by atoms with van der Waals surface area (Å²) in [4.78, 5) is 34.5. The van der Waals surface area contributed by atoms with Crippen LogP contribution in [0.4, 0.5) is 10.1 Å². The zero-order valence-electron chi connectivity index (χ0n) is 23.3. The third-order valence-corrected chi connectivity index (χ3v) is 8.43. The van der Waals surface area contributed by atoms with Crippen molar-refractivity contribution in [3.8, 4) is 5.75 Å². The normalized spacial score (nSPS) is 18.5. The van der Waals surface area contributed by atoms with E-state index in [0.29, 0.717) is 42.5 Å². The van der Waals surface area contributed by atoms with Crippen LogP contribution in [0.3, 0.4) is 0 Å². The zero-order valence-corrected chi connectivity index (χ0v) is 24.0. The molecule has 0 radical (unpaired) electrons. The van der Waals surface area contributed by atoms with E-state index in [0.717, 1.165) is 22.4 Å². The summed E-state index contributed by atoms with van der Waals surface area (Å²) in [6.45, 7) is 2.67. The van der Waals surface area contributed by atoms with Gasteiger partial charge in [0.15, 0.2) is 0 Å². The van der Waals surface area contributed by atoms with Gasteiger partial charge in [0.2, 0.25) is 5.91 Å². The number of ether oxygens (including phenoxy) is 1. The molecule has 2 unspecified atom stereocenters. The fourth-order valence-electron chi connectivity index (χ4n) is 6.05. The Labute approximate surface area is 249 Å². The molecule has 42 heavy (non-hydrogen) atoms. The number of hydrogen-bond acceptors (Lipinski definition) is 4. The predicted molar refractivity (Wildman–Crippen MR) is 161 cm³/mol. The first-order valence-corrected chi connectivity index (χ1v) is 14.4. The number of hydrogen-bond donors (Lipinski definition) is 0. The van der Waals surface area contributed by atoms with Gasteiger partial charge in [-0.2, -0.15) is 0 Å². The Bertz CT molecular complexity index is 1590. The average Bonchev–Trinajstić information content (AvgIpc) is 3.03. The van der Waals surface area contributed by atoms with E-state index in [9.17, 15) is 14.0 Å². The molecule has 6 nitrogen and oxygen atoms in total. The summed E-state index contributed by atoms with van der Waals surface area (Å²) in [7, 11) is 1.60. The van der Waals surface area contributed by atoms with Crippen LogP contribution in [0, 0.1) is 5.82 Å². The van der Waals surface area contributed by atoms with Crippen molar-refractivity contribution in [1.29, 1.82) is 0 Å². The first kappa shape index (κ1) is 27.8. The molecule has 1 fully saturated rings. The highest BCUT2D eigenvalue weighted by Gasteiger charge is 2.45. The minimum Gasteiger partial charge on any atom is -0.497 e. The van der Waals surface area contributed by atoms with Gasteiger partial charge >= 0.3 is 0 Å². The standard InChI is InChI=1S/C34H31ClFN3O3/c1-42-28-15-11-24(12-16-28)32-31(34(41)38-19-17-37(18-20-38)27-6-4-5-25(35)21-27)29-7-2-3-8-30(29)33(40)39(32)22-23-9-13-26(36)14-10-23/h2-16,21,31-32H,17-20,22H2,1H3. The number of nitrogens with zero attached hydrogens (tertiary/aromatic N) is 3. The number of anilines is 1. The van der Waals surface area contributed by atoms with Gasteiger partial charge in [-0.05, 0) is 65.2 Å². The van der Waals surface area contributed by atoms with E-state index in [2.05, 4.69) is 4.90 Å². The van der Waals surface area contributed by atoms with Crippen molar-refractivity contribution in [3.63, 3.8) is 0 Å². The summed E-state index contributed by atoms with van der Waals surface area (Å²) in [5.41, 5.74) is 3.88. The van der Waals surface area contributed by atoms with Gasteiger partial charge in [-0.1, -0.05) is 60.1 Å². The summed E-state index contributed by atoms with van der Waals surface area (Å²) >= 11 is 6.23. The highest BCUT2D eigenvalue weighted by Crippen LogP contribution is 2.45. The van der Waals surface area contributed by atoms with E-state index in [1.807, 2.05) is 71.6 Å². The molecule has 2 aliphatic rings. The molecular formula is C34H31ClFN3O3. The van der Waals surface area contributed by atoms with Crippen molar-refractivity contribution in [2.75, 3.05) is 38.2 Å². The number of fused-ring (bicyclic) bond motifs is 1. The maximum atomic E-state index is 14.5. The second-order valence-electron chi connectivity index (χ2n) is 10.6. The molecule has 8 heteroatoms. The Hall–Kier alpha value is -4.36. The molecular weight excluding hydrogens is 553 g/mol. The molecule has 2 aliphatic heterocycles. The quantitative estimate of drug-likeness (QED) is 0.267. The van der Waals surface area contributed by atoms with E-state index < -0.39 is 12.0 Å². The van der Waals surface area contributed by atoms with Crippen LogP contribution in [0.1, 0.15) is 39.0 Å². The fraction of sp³-hybridized carbons (Fsp3) is 0.235. The van der Waals surface area contributed by atoms with E-state index in [-0.39, 0.29) is 24.2 Å². The number of benzene rings is 4. The molecule has 0 aliphatic carbocycles. The molecule has 2 atom stereocenters. The van der Waals surface area contributed by atoms with Gasteiger partial charge in [0.05, 0.1) is 19.1 Å². The number of halogens is 2. The number of rotatable bonds is 6. The Balaban J connectivity index is 1.37. The number of carbonyl (C=O) groups is 2. The lowest BCUT2D eigenvalue weighted by molar-refractivity contribution is -0.135. The Morgan fingerprint density at radius 1 is 0.905 bits per heavy atom. The van der Waals surface area contributed by atoms with Gasteiger partial charge in [-0.15, -0.1) is 0 Å². The highest BCUT2D eigenvalue weighted by atomic mass is 35.5. The average molecular weight is 584 g/mol. The first-order valence-electron chi connectivity index (χ1n) is 14.0. The molecule has 0 spiro atoms. The minimum atomic E-state index is -0.620. The molecule has 4 aromatic carbocycles. The molecule has 2 heterocycles. The second-order valence-corrected chi connectivity index (χ2v) is 11.1. The van der Waals surface area contributed by atoms with E-state index in [4.69, 9.17) is 16.3 Å². The number of piperazine rings is 1. The monoisotopic (exact) mass is 583 g/mol. The Morgan fingerprint density at radius 3 is 2.31 bits per heavy atom. The molecule has 0 N–H and O–H groups in total. The zero-order chi connectivity index (χ0) is 29.2. The van der Waals surface area contributed by atoms with Gasteiger partial charge < -0.3 is 19.4 Å². The van der Waals surface area contributed by atoms with Crippen LogP contribution in [0.5, 0.6) is 5.75 Å². The molecule has 0 saturated carbocycles. The Morgan fingerprint density at radius 2 is 1.62 bits per heavy atom. The lowest BCUT2D eigenvalue weighted by Crippen LogP contribution is -2.53. The predicted octanol–water partition coefficient (Wildman–Crippen LogP) is 6.32. The van der Waals surface area contributed by atoms with Crippen LogP contribution in [0.2, 0.25) is 5.02 Å². The molecule has 0 aromatic heterocycles. The van der Waals surface area contributed by atoms with E-state index >= 15 is 0 Å². The van der Waals surface area contributed by atoms with Crippen LogP contribution in [-0.4, -0.2) is 54.9 Å². The van der Waals surface area contributed by atoms with Crippen molar-refractivity contribution >= 4 is 29.1 Å². The maximum absolute atomic E-state index is 14.5. The van der Waals surface area contributed by atoms with Gasteiger partial charge in [-0.3, -0.25) is 9.59 Å². The minimum absolute atomic E-state index is 0.0226. The fourth-order valence-corrected chi connectivity index (χ4v) is 6.23. The van der Waals surface area contributed by atoms with Gasteiger partial charge in [0.1, 0.15) is 11.6 Å². The summed E-state index contributed by atoms with van der Waals surface area (Å²) in [6.07, 6.45) is 0. The molecule has 6 rings (SSSR count). The molecule has 4 aromatic rings. The third-order valence-electron chi connectivity index (χ3n) is 8.19. The van der Waals surface area contributed by atoms with Crippen LogP contribution < -0.4 is 9.64 Å². The summed E-state index contributed by atoms with van der Waals surface area (Å²) in [5, 5.41) is 0.679. The molecule has 0 bridgehead atoms. The lowest BCUT2D eigenvalue weighted by atomic mass is 9.78. The summed E-state index contributed by atoms with van der Waals surface area (Å²) in [5.74, 6) is -0.459. The Kier molecular flexibility index (Phi) is 7.85. The van der Waals surface area contributed by atoms with E-state index in [1.54, 1.807) is 30.2 Å². The van der Waals surface area contributed by atoms with Crippen LogP contribution in [0.15, 0.2) is 97.1 Å². The maximum Gasteiger partial charge on any atom is 0.255 e. The largest absolute Gasteiger partial charge is 0.497 e. The SMILES string of the molecule is COc1ccc(C2C(C(=O)N3CCN(c4cccc(Cl)c4)CC3)c3ccccc3C(=O)N2Cc2ccc(F)cc2)cc1. The second kappa shape index (κ2) is 11.9. The van der Waals surface area contributed by atoms with Crippen LogP contribution >= 0.6 is 11.6 Å². The van der Waals surface area contributed by atoms with E-state index in [1.165, 1.54) is 12.1 Å². The smallest absolute Gasteiger partial charge is 0.255 e. The van der Waals surface area contributed by atoms with Gasteiger partial charge in [-0.25, -0.2) is 4.39 Å². The van der Waals surface area contributed by atoms with Crippen molar-refractivity contribution in [2.45, 2.75) is 18.5 Å². The van der Waals surface area contributed by atoms with Crippen molar-refractivity contribution in [1.82, 2.24) is 9.80 Å². The topological polar surface area (TPSA) is 53.1 Å². The first-order chi connectivity index (χ1) is 20.4. The molecule has 214 valence electrons. The van der Waals surface area contributed by atoms with Gasteiger partial charge in [0.25, 0.3) is 5.91 Å². The van der Waals surface area contributed by atoms with Crippen molar-refractivity contribution in [3.05, 3.63) is 130 Å². The lowest BCUT2D eigenvalue weighted by Gasteiger charge is -2.45. The van der Waals surface area contributed by atoms with Crippen molar-refractivity contribution in [2.24, 2.45) is 0 Å². The van der Waals surface area contributed by atoms with Crippen molar-refractivity contribution < 1.29 is 18.7 Å².